The Kier molecular flexibility index (Phi) is 5.44. The molecule has 0 aliphatic carbocycles. The largest absolute Gasteiger partial charge is 0.454 e. The van der Waals surface area contributed by atoms with Crippen molar-refractivity contribution in [2.45, 2.75) is 0 Å². The van der Waals surface area contributed by atoms with Crippen LogP contribution in [0.1, 0.15) is 10.6 Å². The van der Waals surface area contributed by atoms with E-state index in [2.05, 4.69) is 11.1 Å². The molecule has 0 N–H and O–H groups in total. The fourth-order valence-corrected chi connectivity index (χ4v) is 3.66. The summed E-state index contributed by atoms with van der Waals surface area (Å²) in [4.78, 5) is 14.8. The van der Waals surface area contributed by atoms with E-state index in [0.717, 1.165) is 5.56 Å². The van der Waals surface area contributed by atoms with Crippen LogP contribution in [0.15, 0.2) is 70.5 Å². The van der Waals surface area contributed by atoms with Crippen molar-refractivity contribution in [2.75, 3.05) is 0 Å². The Morgan fingerprint density at radius 2 is 1.80 bits per heavy atom. The number of allylic oxidation sites excluding steroid dienone is 1. The number of thiazole rings is 1. The van der Waals surface area contributed by atoms with Crippen molar-refractivity contribution in [3.05, 3.63) is 91.8 Å². The average molecular weight is 434 g/mol. The highest BCUT2D eigenvalue weighted by atomic mass is 35.5. The number of aromatic nitrogens is 1. The molecule has 8 heteroatoms. The third-order valence-electron chi connectivity index (χ3n) is 4.26. The predicted octanol–water partition coefficient (Wildman–Crippen LogP) is 6.70. The average Bonchev–Trinajstić information content (AvgIpc) is 3.43. The molecule has 6 nitrogen and oxygen atoms in total. The van der Waals surface area contributed by atoms with Gasteiger partial charge in [-0.05, 0) is 60.2 Å². The van der Waals surface area contributed by atoms with Gasteiger partial charge in [-0.2, -0.15) is 5.26 Å². The first kappa shape index (κ1) is 19.6. The van der Waals surface area contributed by atoms with Crippen molar-refractivity contribution in [1.82, 2.24) is 4.98 Å². The molecule has 4 rings (SSSR count). The zero-order valence-corrected chi connectivity index (χ0v) is 16.9. The standard InChI is InChI=1S/C22H12ClN3O3S/c23-17-5-3-15(4-6-17)20-9-10-21(29-20)19-13-30-22(25-19)16(12-24)11-14-1-7-18(8-2-14)26(27)28/h1-11,13H/b16-11+. The minimum atomic E-state index is -0.465. The van der Waals surface area contributed by atoms with Crippen LogP contribution >= 0.6 is 22.9 Å². The van der Waals surface area contributed by atoms with Gasteiger partial charge in [-0.15, -0.1) is 11.3 Å². The van der Waals surface area contributed by atoms with E-state index in [1.165, 1.54) is 23.5 Å². The molecule has 0 unspecified atom stereocenters. The lowest BCUT2D eigenvalue weighted by molar-refractivity contribution is -0.384. The molecule has 0 amide bonds. The van der Waals surface area contributed by atoms with Crippen LogP contribution in [0.2, 0.25) is 5.02 Å². The van der Waals surface area contributed by atoms with Gasteiger partial charge in [0.15, 0.2) is 5.76 Å². The van der Waals surface area contributed by atoms with Crippen LogP contribution < -0.4 is 0 Å². The van der Waals surface area contributed by atoms with E-state index in [-0.39, 0.29) is 5.69 Å². The fourth-order valence-electron chi connectivity index (χ4n) is 2.76. The van der Waals surface area contributed by atoms with Gasteiger partial charge >= 0.3 is 0 Å². The highest BCUT2D eigenvalue weighted by molar-refractivity contribution is 7.11. The number of rotatable bonds is 5. The maximum absolute atomic E-state index is 10.8. The molecule has 0 radical (unpaired) electrons. The molecule has 4 aromatic rings. The summed E-state index contributed by atoms with van der Waals surface area (Å²) in [6.07, 6.45) is 1.65. The summed E-state index contributed by atoms with van der Waals surface area (Å²) in [5.74, 6) is 1.29. The summed E-state index contributed by atoms with van der Waals surface area (Å²) < 4.78 is 5.91. The maximum Gasteiger partial charge on any atom is 0.269 e. The summed E-state index contributed by atoms with van der Waals surface area (Å²) in [5.41, 5.74) is 2.56. The van der Waals surface area contributed by atoms with Crippen LogP contribution in [-0.4, -0.2) is 9.91 Å². The molecule has 146 valence electrons. The number of hydrogen-bond acceptors (Lipinski definition) is 6. The van der Waals surface area contributed by atoms with Gasteiger partial charge in [0.25, 0.3) is 5.69 Å². The van der Waals surface area contributed by atoms with Gasteiger partial charge in [0.2, 0.25) is 0 Å². The van der Waals surface area contributed by atoms with Crippen molar-refractivity contribution in [3.8, 4) is 28.8 Å². The number of nitro groups is 1. The first-order chi connectivity index (χ1) is 14.5. The van der Waals surface area contributed by atoms with E-state index in [0.29, 0.717) is 38.4 Å². The summed E-state index contributed by atoms with van der Waals surface area (Å²) in [5, 5.41) is 23.3. The Morgan fingerprint density at radius 3 is 2.47 bits per heavy atom. The highest BCUT2D eigenvalue weighted by Crippen LogP contribution is 2.32. The number of nitrogens with zero attached hydrogens (tertiary/aromatic N) is 3. The van der Waals surface area contributed by atoms with Crippen molar-refractivity contribution in [3.63, 3.8) is 0 Å². The molecule has 0 fully saturated rings. The van der Waals surface area contributed by atoms with Gasteiger partial charge in [0, 0.05) is 28.1 Å². The van der Waals surface area contributed by atoms with Crippen LogP contribution in [0.4, 0.5) is 5.69 Å². The van der Waals surface area contributed by atoms with Gasteiger partial charge in [0.05, 0.1) is 10.5 Å². The van der Waals surface area contributed by atoms with Crippen LogP contribution in [0.3, 0.4) is 0 Å². The van der Waals surface area contributed by atoms with E-state index in [1.54, 1.807) is 30.3 Å². The predicted molar refractivity (Wildman–Crippen MR) is 117 cm³/mol. The molecular formula is C22H12ClN3O3S. The van der Waals surface area contributed by atoms with E-state index in [9.17, 15) is 15.4 Å². The zero-order chi connectivity index (χ0) is 21.1. The molecule has 2 heterocycles. The molecule has 0 bridgehead atoms. The van der Waals surface area contributed by atoms with Gasteiger partial charge in [0.1, 0.15) is 22.5 Å². The van der Waals surface area contributed by atoms with Crippen LogP contribution in [0, 0.1) is 21.4 Å². The van der Waals surface area contributed by atoms with Crippen molar-refractivity contribution >= 4 is 40.3 Å². The number of nitriles is 1. The molecule has 30 heavy (non-hydrogen) atoms. The van der Waals surface area contributed by atoms with Crippen LogP contribution in [0.25, 0.3) is 34.4 Å². The Balaban J connectivity index is 1.59. The highest BCUT2D eigenvalue weighted by Gasteiger charge is 2.13. The number of non-ortho nitro benzene ring substituents is 1. The van der Waals surface area contributed by atoms with Crippen LogP contribution in [-0.2, 0) is 0 Å². The van der Waals surface area contributed by atoms with Crippen molar-refractivity contribution < 1.29 is 9.34 Å². The summed E-state index contributed by atoms with van der Waals surface area (Å²) >= 11 is 7.25. The normalized spacial score (nSPS) is 11.3. The molecule has 2 aromatic heterocycles. The monoisotopic (exact) mass is 433 g/mol. The molecule has 0 aliphatic heterocycles. The minimum Gasteiger partial charge on any atom is -0.454 e. The fraction of sp³-hybridized carbons (Fsp3) is 0. The number of benzene rings is 2. The first-order valence-corrected chi connectivity index (χ1v) is 9.97. The maximum atomic E-state index is 10.8. The molecule has 0 spiro atoms. The number of hydrogen-bond donors (Lipinski definition) is 0. The second kappa shape index (κ2) is 8.33. The quantitative estimate of drug-likeness (QED) is 0.198. The Morgan fingerprint density at radius 1 is 1.10 bits per heavy atom. The number of halogens is 1. The topological polar surface area (TPSA) is 93.0 Å². The molecule has 0 atom stereocenters. The zero-order valence-electron chi connectivity index (χ0n) is 15.3. The second-order valence-corrected chi connectivity index (χ2v) is 7.52. The van der Waals surface area contributed by atoms with Gasteiger partial charge in [-0.1, -0.05) is 11.6 Å². The van der Waals surface area contributed by atoms with Crippen molar-refractivity contribution in [1.29, 1.82) is 5.26 Å². The van der Waals surface area contributed by atoms with Gasteiger partial charge in [-0.3, -0.25) is 10.1 Å². The second-order valence-electron chi connectivity index (χ2n) is 6.23. The number of nitro benzene ring substituents is 1. The molecule has 0 saturated heterocycles. The van der Waals surface area contributed by atoms with E-state index >= 15 is 0 Å². The Hall–Kier alpha value is -3.73. The molecule has 0 saturated carbocycles. The lowest BCUT2D eigenvalue weighted by atomic mass is 10.1. The smallest absolute Gasteiger partial charge is 0.269 e. The summed E-state index contributed by atoms with van der Waals surface area (Å²) in [7, 11) is 0. The Labute approximate surface area is 180 Å². The molecule has 0 aliphatic rings. The minimum absolute atomic E-state index is 0.00324. The first-order valence-electron chi connectivity index (χ1n) is 8.72. The van der Waals surface area contributed by atoms with E-state index < -0.39 is 4.92 Å². The van der Waals surface area contributed by atoms with Crippen molar-refractivity contribution in [2.24, 2.45) is 0 Å². The lowest BCUT2D eigenvalue weighted by Crippen LogP contribution is -1.87. The SMILES string of the molecule is N#C/C(=C\c1ccc([N+](=O)[O-])cc1)c1nc(-c2ccc(-c3ccc(Cl)cc3)o2)cs1. The third kappa shape index (κ3) is 4.15. The van der Waals surface area contributed by atoms with Gasteiger partial charge < -0.3 is 4.42 Å². The third-order valence-corrected chi connectivity index (χ3v) is 5.38. The summed E-state index contributed by atoms with van der Waals surface area (Å²) in [6.45, 7) is 0. The van der Waals surface area contributed by atoms with Gasteiger partial charge in [-0.25, -0.2) is 4.98 Å². The summed E-state index contributed by atoms with van der Waals surface area (Å²) in [6, 6.07) is 19.1. The van der Waals surface area contributed by atoms with E-state index in [1.807, 2.05) is 29.6 Å². The van der Waals surface area contributed by atoms with E-state index in [4.69, 9.17) is 16.0 Å². The molecular weight excluding hydrogens is 422 g/mol. The lowest BCUT2D eigenvalue weighted by Gasteiger charge is -1.97. The molecule has 2 aromatic carbocycles. The Bertz CT molecular complexity index is 1280. The van der Waals surface area contributed by atoms with Crippen LogP contribution in [0.5, 0.6) is 0 Å². The number of furan rings is 1.